The summed E-state index contributed by atoms with van der Waals surface area (Å²) in [6, 6.07) is 7.15. The zero-order valence-electron chi connectivity index (χ0n) is 9.27. The molecule has 0 bridgehead atoms. The fourth-order valence-corrected chi connectivity index (χ4v) is 1.29. The summed E-state index contributed by atoms with van der Waals surface area (Å²) in [4.78, 5) is 11.4. The zero-order chi connectivity index (χ0) is 12.0. The Bertz CT molecular complexity index is 436. The van der Waals surface area contributed by atoms with Crippen LogP contribution < -0.4 is 5.32 Å². The van der Waals surface area contributed by atoms with E-state index >= 15 is 0 Å². The Morgan fingerprint density at radius 1 is 1.44 bits per heavy atom. The summed E-state index contributed by atoms with van der Waals surface area (Å²) < 4.78 is 0. The van der Waals surface area contributed by atoms with Crippen LogP contribution in [0.25, 0.3) is 0 Å². The molecule has 0 saturated heterocycles. The minimum Gasteiger partial charge on any atom is -0.411 e. The van der Waals surface area contributed by atoms with Gasteiger partial charge in [0.15, 0.2) is 0 Å². The number of anilines is 1. The molecule has 1 amide bonds. The number of hydrogen-bond donors (Lipinski definition) is 2. The molecule has 16 heavy (non-hydrogen) atoms. The molecule has 1 aromatic carbocycles. The number of benzene rings is 1. The van der Waals surface area contributed by atoms with E-state index in [-0.39, 0.29) is 5.91 Å². The van der Waals surface area contributed by atoms with Gasteiger partial charge in [-0.25, -0.2) is 0 Å². The van der Waals surface area contributed by atoms with Crippen LogP contribution in [0.5, 0.6) is 0 Å². The van der Waals surface area contributed by atoms with Crippen molar-refractivity contribution in [2.45, 2.75) is 13.8 Å². The normalized spacial score (nSPS) is 11.8. The molecule has 0 saturated carbocycles. The zero-order valence-corrected chi connectivity index (χ0v) is 9.27. The van der Waals surface area contributed by atoms with Crippen molar-refractivity contribution in [3.05, 3.63) is 42.0 Å². The van der Waals surface area contributed by atoms with Crippen molar-refractivity contribution in [3.63, 3.8) is 0 Å². The molecule has 84 valence electrons. The molecule has 4 heteroatoms. The summed E-state index contributed by atoms with van der Waals surface area (Å²) in [6.07, 6.45) is 3.09. The van der Waals surface area contributed by atoms with Crippen LogP contribution in [0.15, 0.2) is 41.6 Å². The number of nitrogens with zero attached hydrogens (tertiary/aromatic N) is 1. The Morgan fingerprint density at radius 3 is 2.75 bits per heavy atom. The van der Waals surface area contributed by atoms with Crippen molar-refractivity contribution < 1.29 is 10.0 Å². The summed E-state index contributed by atoms with van der Waals surface area (Å²) >= 11 is 0. The highest BCUT2D eigenvalue weighted by Crippen LogP contribution is 2.15. The Hall–Kier alpha value is -2.10. The van der Waals surface area contributed by atoms with Crippen LogP contribution >= 0.6 is 0 Å². The van der Waals surface area contributed by atoms with Crippen LogP contribution in [0.4, 0.5) is 5.69 Å². The minimum atomic E-state index is -0.208. The molecule has 0 spiro atoms. The second kappa shape index (κ2) is 5.70. The third-order valence-corrected chi connectivity index (χ3v) is 2.04. The van der Waals surface area contributed by atoms with Crippen molar-refractivity contribution in [2.75, 3.05) is 5.32 Å². The lowest BCUT2D eigenvalue weighted by molar-refractivity contribution is -0.111. The van der Waals surface area contributed by atoms with Gasteiger partial charge >= 0.3 is 0 Å². The SMILES string of the molecule is C/C=C/C(=O)Nc1ccccc1/C(C)=N/O. The van der Waals surface area contributed by atoms with Crippen molar-refractivity contribution in [2.24, 2.45) is 5.16 Å². The molecule has 0 aromatic heterocycles. The van der Waals surface area contributed by atoms with Gasteiger partial charge in [-0.1, -0.05) is 29.4 Å². The van der Waals surface area contributed by atoms with Gasteiger partial charge < -0.3 is 10.5 Å². The molecule has 0 aliphatic heterocycles. The quantitative estimate of drug-likeness (QED) is 0.354. The fraction of sp³-hybridized carbons (Fsp3) is 0.167. The summed E-state index contributed by atoms with van der Waals surface area (Å²) in [7, 11) is 0. The van der Waals surface area contributed by atoms with E-state index in [1.54, 1.807) is 38.1 Å². The predicted octanol–water partition coefficient (Wildman–Crippen LogP) is 2.40. The van der Waals surface area contributed by atoms with Crippen LogP contribution in [-0.4, -0.2) is 16.8 Å². The number of nitrogens with one attached hydrogen (secondary N) is 1. The second-order valence-corrected chi connectivity index (χ2v) is 3.22. The lowest BCUT2D eigenvalue weighted by Crippen LogP contribution is -2.11. The Labute approximate surface area is 94.3 Å². The summed E-state index contributed by atoms with van der Waals surface area (Å²) in [5, 5.41) is 14.5. The highest BCUT2D eigenvalue weighted by atomic mass is 16.4. The standard InChI is InChI=1S/C12H14N2O2/c1-3-6-12(15)13-11-8-5-4-7-10(11)9(2)14-16/h3-8,16H,1-2H3,(H,13,15)/b6-3+,14-9+. The monoisotopic (exact) mass is 218 g/mol. The summed E-state index contributed by atoms with van der Waals surface area (Å²) in [6.45, 7) is 3.44. The molecule has 0 fully saturated rings. The van der Waals surface area contributed by atoms with Gasteiger partial charge in [-0.05, 0) is 26.0 Å². The van der Waals surface area contributed by atoms with Gasteiger partial charge in [0.2, 0.25) is 5.91 Å². The first-order chi connectivity index (χ1) is 7.69. The van der Waals surface area contributed by atoms with Gasteiger partial charge in [0.25, 0.3) is 0 Å². The molecule has 1 rings (SSSR count). The Morgan fingerprint density at radius 2 is 2.12 bits per heavy atom. The van der Waals surface area contributed by atoms with Gasteiger partial charge in [-0.3, -0.25) is 4.79 Å². The van der Waals surface area contributed by atoms with Gasteiger partial charge in [0, 0.05) is 5.56 Å². The van der Waals surface area contributed by atoms with E-state index in [9.17, 15) is 4.79 Å². The second-order valence-electron chi connectivity index (χ2n) is 3.22. The molecular formula is C12H14N2O2. The lowest BCUT2D eigenvalue weighted by atomic mass is 10.1. The first-order valence-electron chi connectivity index (χ1n) is 4.90. The maximum Gasteiger partial charge on any atom is 0.248 e. The first kappa shape index (κ1) is 12.0. The molecule has 0 aliphatic rings. The molecule has 0 radical (unpaired) electrons. The number of allylic oxidation sites excluding steroid dienone is 1. The van der Waals surface area contributed by atoms with Crippen LogP contribution in [0.3, 0.4) is 0 Å². The summed E-state index contributed by atoms with van der Waals surface area (Å²) in [5.41, 5.74) is 1.78. The van der Waals surface area contributed by atoms with Crippen molar-refractivity contribution >= 4 is 17.3 Å². The van der Waals surface area contributed by atoms with E-state index in [1.165, 1.54) is 6.08 Å². The van der Waals surface area contributed by atoms with Crippen LogP contribution in [0.1, 0.15) is 19.4 Å². The Kier molecular flexibility index (Phi) is 4.27. The molecule has 0 unspecified atom stereocenters. The largest absolute Gasteiger partial charge is 0.411 e. The van der Waals surface area contributed by atoms with E-state index in [1.807, 2.05) is 6.07 Å². The third-order valence-electron chi connectivity index (χ3n) is 2.04. The molecule has 1 aromatic rings. The third kappa shape index (κ3) is 2.95. The van der Waals surface area contributed by atoms with E-state index in [0.717, 1.165) is 0 Å². The van der Waals surface area contributed by atoms with Crippen molar-refractivity contribution in [3.8, 4) is 0 Å². The molecule has 0 aliphatic carbocycles. The number of carbonyl (C=O) groups is 1. The Balaban J connectivity index is 3.00. The average molecular weight is 218 g/mol. The smallest absolute Gasteiger partial charge is 0.248 e. The molecular weight excluding hydrogens is 204 g/mol. The van der Waals surface area contributed by atoms with E-state index in [0.29, 0.717) is 17.0 Å². The highest BCUT2D eigenvalue weighted by molar-refractivity contribution is 6.08. The maximum absolute atomic E-state index is 11.4. The van der Waals surface area contributed by atoms with E-state index in [2.05, 4.69) is 10.5 Å². The first-order valence-corrected chi connectivity index (χ1v) is 4.90. The van der Waals surface area contributed by atoms with E-state index in [4.69, 9.17) is 5.21 Å². The minimum absolute atomic E-state index is 0.208. The highest BCUT2D eigenvalue weighted by Gasteiger charge is 2.06. The number of para-hydroxylation sites is 1. The number of carbonyl (C=O) groups excluding carboxylic acids is 1. The number of oxime groups is 1. The molecule has 4 nitrogen and oxygen atoms in total. The maximum atomic E-state index is 11.4. The average Bonchev–Trinajstić information content (AvgIpc) is 2.29. The van der Waals surface area contributed by atoms with E-state index < -0.39 is 0 Å². The van der Waals surface area contributed by atoms with Gasteiger partial charge in [0.1, 0.15) is 0 Å². The number of hydrogen-bond acceptors (Lipinski definition) is 3. The topological polar surface area (TPSA) is 61.7 Å². The van der Waals surface area contributed by atoms with Crippen LogP contribution in [-0.2, 0) is 4.79 Å². The van der Waals surface area contributed by atoms with Crippen molar-refractivity contribution in [1.29, 1.82) is 0 Å². The molecule has 0 heterocycles. The lowest BCUT2D eigenvalue weighted by Gasteiger charge is -2.08. The van der Waals surface area contributed by atoms with Crippen LogP contribution in [0.2, 0.25) is 0 Å². The van der Waals surface area contributed by atoms with Crippen molar-refractivity contribution in [1.82, 2.24) is 0 Å². The summed E-state index contributed by atoms with van der Waals surface area (Å²) in [5.74, 6) is -0.208. The molecule has 2 N–H and O–H groups in total. The predicted molar refractivity (Wildman–Crippen MR) is 63.9 cm³/mol. The van der Waals surface area contributed by atoms with Crippen LogP contribution in [0, 0.1) is 0 Å². The van der Waals surface area contributed by atoms with Gasteiger partial charge in [0.05, 0.1) is 11.4 Å². The van der Waals surface area contributed by atoms with Gasteiger partial charge in [-0.2, -0.15) is 0 Å². The van der Waals surface area contributed by atoms with Gasteiger partial charge in [-0.15, -0.1) is 0 Å². The molecule has 0 atom stereocenters. The number of rotatable bonds is 3. The number of amides is 1. The fourth-order valence-electron chi connectivity index (χ4n) is 1.29.